The smallest absolute Gasteiger partial charge is 0.319 e. The van der Waals surface area contributed by atoms with Gasteiger partial charge in [0.25, 0.3) is 0 Å². The Hall–Kier alpha value is -3.30. The highest BCUT2D eigenvalue weighted by atomic mass is 35.5. The number of benzene rings is 1. The zero-order valence-electron chi connectivity index (χ0n) is 25.7. The van der Waals surface area contributed by atoms with E-state index in [9.17, 15) is 9.65 Å². The number of anilines is 2. The van der Waals surface area contributed by atoms with Gasteiger partial charge in [-0.15, -0.1) is 11.3 Å². The average molecular weight is 654 g/mol. The van der Waals surface area contributed by atoms with Crippen LogP contribution in [0.2, 0.25) is 5.02 Å². The molecule has 0 saturated carbocycles. The molecule has 1 atom stereocenters. The van der Waals surface area contributed by atoms with E-state index in [-0.39, 0.29) is 54.0 Å². The molecule has 8 nitrogen and oxygen atoms in total. The van der Waals surface area contributed by atoms with Crippen LogP contribution in [0.3, 0.4) is 0 Å². The maximum Gasteiger partial charge on any atom is 0.319 e. The summed E-state index contributed by atoms with van der Waals surface area (Å²) >= 11 is 7.92. The number of aromatic nitrogens is 2. The number of nitrogens with one attached hydrogen (secondary N) is 1. The van der Waals surface area contributed by atoms with E-state index in [1.807, 2.05) is 19.9 Å². The Morgan fingerprint density at radius 3 is 2.76 bits per heavy atom. The predicted molar refractivity (Wildman–Crippen MR) is 177 cm³/mol. The molecular formula is C33H38ClF2N7OS. The Bertz CT molecular complexity index is 1810. The zero-order valence-corrected chi connectivity index (χ0v) is 27.3. The van der Waals surface area contributed by atoms with Crippen molar-refractivity contribution in [3.63, 3.8) is 0 Å². The lowest BCUT2D eigenvalue weighted by Crippen LogP contribution is -2.51. The molecule has 4 aliphatic heterocycles. The van der Waals surface area contributed by atoms with Crippen molar-refractivity contribution >= 4 is 56.6 Å². The Morgan fingerprint density at radius 1 is 1.29 bits per heavy atom. The lowest BCUT2D eigenvalue weighted by atomic mass is 9.95. The molecule has 7 rings (SSSR count). The SMILES string of the molecule is C=C/C(F)=c1/sc(N)c(C#N)/c1=C\c1c(Cl)c2c3c(nc(OCC45CCCN4CCC5)nc3c1F)N1CCNCC1CC2.CC. The van der Waals surface area contributed by atoms with Gasteiger partial charge in [0.2, 0.25) is 0 Å². The molecule has 3 saturated heterocycles. The van der Waals surface area contributed by atoms with Gasteiger partial charge in [0.05, 0.1) is 26.0 Å². The second kappa shape index (κ2) is 12.8. The largest absolute Gasteiger partial charge is 0.461 e. The summed E-state index contributed by atoms with van der Waals surface area (Å²) in [6.07, 6.45) is 8.19. The molecule has 0 aliphatic carbocycles. The summed E-state index contributed by atoms with van der Waals surface area (Å²) in [6.45, 7) is 12.3. The summed E-state index contributed by atoms with van der Waals surface area (Å²) in [5.41, 5.74) is 6.96. The molecule has 4 aliphatic rings. The van der Waals surface area contributed by atoms with Gasteiger partial charge >= 0.3 is 6.01 Å². The summed E-state index contributed by atoms with van der Waals surface area (Å²) in [5, 5.41) is 14.4. The van der Waals surface area contributed by atoms with E-state index in [4.69, 9.17) is 27.1 Å². The van der Waals surface area contributed by atoms with Crippen molar-refractivity contribution < 1.29 is 13.5 Å². The molecule has 3 fully saturated rings. The van der Waals surface area contributed by atoms with Crippen LogP contribution in [0, 0.1) is 17.1 Å². The highest BCUT2D eigenvalue weighted by Gasteiger charge is 2.45. The number of halogens is 3. The summed E-state index contributed by atoms with van der Waals surface area (Å²) < 4.78 is 38.0. The molecule has 45 heavy (non-hydrogen) atoms. The van der Waals surface area contributed by atoms with E-state index in [2.05, 4.69) is 26.7 Å². The summed E-state index contributed by atoms with van der Waals surface area (Å²) in [7, 11) is 0. The van der Waals surface area contributed by atoms with Crippen LogP contribution in [-0.2, 0) is 6.42 Å². The fraction of sp³-hybridized carbons (Fsp3) is 0.485. The number of allylic oxidation sites excluding steroid dienone is 1. The summed E-state index contributed by atoms with van der Waals surface area (Å²) in [5.74, 6) is -0.703. The molecule has 1 aromatic carbocycles. The normalized spacial score (nSPS) is 21.4. The van der Waals surface area contributed by atoms with E-state index < -0.39 is 11.6 Å². The molecule has 12 heteroatoms. The van der Waals surface area contributed by atoms with Crippen LogP contribution in [0.1, 0.15) is 62.6 Å². The number of hydrogen-bond acceptors (Lipinski definition) is 9. The van der Waals surface area contributed by atoms with Crippen LogP contribution >= 0.6 is 22.9 Å². The fourth-order valence-corrected chi connectivity index (χ4v) is 8.65. The Morgan fingerprint density at radius 2 is 2.04 bits per heavy atom. The molecule has 2 aromatic heterocycles. The number of ether oxygens (including phenoxy) is 1. The van der Waals surface area contributed by atoms with Crippen molar-refractivity contribution in [2.45, 2.75) is 64.0 Å². The second-order valence-electron chi connectivity index (χ2n) is 11.8. The van der Waals surface area contributed by atoms with Crippen molar-refractivity contribution in [3.05, 3.63) is 49.9 Å². The maximum absolute atomic E-state index is 16.8. The van der Waals surface area contributed by atoms with Gasteiger partial charge in [-0.1, -0.05) is 32.0 Å². The van der Waals surface area contributed by atoms with E-state index in [1.54, 1.807) is 0 Å². The van der Waals surface area contributed by atoms with Crippen molar-refractivity contribution in [1.29, 1.82) is 5.26 Å². The number of nitriles is 1. The maximum atomic E-state index is 16.8. The third-order valence-corrected chi connectivity index (χ3v) is 11.0. The van der Waals surface area contributed by atoms with Crippen molar-refractivity contribution in [1.82, 2.24) is 20.2 Å². The van der Waals surface area contributed by atoms with Gasteiger partial charge < -0.3 is 20.7 Å². The number of nitrogens with zero attached hydrogens (tertiary/aromatic N) is 5. The number of rotatable bonds is 5. The number of nitrogens with two attached hydrogens (primary N) is 1. The first-order valence-electron chi connectivity index (χ1n) is 15.7. The van der Waals surface area contributed by atoms with Crippen LogP contribution in [0.15, 0.2) is 12.7 Å². The molecule has 0 spiro atoms. The van der Waals surface area contributed by atoms with Gasteiger partial charge in [-0.25, -0.2) is 8.78 Å². The van der Waals surface area contributed by atoms with Crippen LogP contribution in [0.25, 0.3) is 22.8 Å². The van der Waals surface area contributed by atoms with Gasteiger partial charge in [0.1, 0.15) is 34.8 Å². The average Bonchev–Trinajstić information content (AvgIpc) is 3.71. The van der Waals surface area contributed by atoms with E-state index in [0.717, 1.165) is 81.3 Å². The molecule has 0 amide bonds. The standard InChI is InChI=1S/C31H32ClF2N7OS.C2H6/c1-2-22(33)27-19(21(14-35)28(36)43-27)13-20-24(32)18-6-5-17-15-37-9-12-41(17)29-23(18)26(25(20)34)38-30(39-29)42-16-31-7-3-10-40(31)11-4-8-31;1-2/h2,13,17,37H,1,3-12,15-16,36H2;1-2H3/b19-13+,27-22-;. The molecule has 0 bridgehead atoms. The number of aryl methyl sites for hydroxylation is 1. The van der Waals surface area contributed by atoms with Gasteiger partial charge in [-0.05, 0) is 69.3 Å². The molecule has 0 radical (unpaired) electrons. The Balaban J connectivity index is 0.00000175. The van der Waals surface area contributed by atoms with Gasteiger partial charge in [-0.2, -0.15) is 15.2 Å². The Labute approximate surface area is 270 Å². The lowest BCUT2D eigenvalue weighted by molar-refractivity contribution is 0.108. The quantitative estimate of drug-likeness (QED) is 0.406. The highest BCUT2D eigenvalue weighted by Crippen LogP contribution is 2.43. The van der Waals surface area contributed by atoms with Gasteiger partial charge in [-0.3, -0.25) is 4.90 Å². The third kappa shape index (κ3) is 5.35. The fourth-order valence-electron chi connectivity index (χ4n) is 7.39. The van der Waals surface area contributed by atoms with Gasteiger partial charge in [0.15, 0.2) is 5.82 Å². The first-order chi connectivity index (χ1) is 21.8. The van der Waals surface area contributed by atoms with Crippen LogP contribution in [0.5, 0.6) is 6.01 Å². The summed E-state index contributed by atoms with van der Waals surface area (Å²) in [4.78, 5) is 14.3. The molecule has 3 N–H and O–H groups in total. The van der Waals surface area contributed by atoms with Crippen LogP contribution < -0.4 is 30.4 Å². The lowest BCUT2D eigenvalue weighted by Gasteiger charge is -2.36. The minimum atomic E-state index is -0.675. The Kier molecular flexibility index (Phi) is 9.03. The number of nitrogen functional groups attached to an aromatic ring is 1. The first-order valence-corrected chi connectivity index (χ1v) is 16.9. The molecule has 3 aromatic rings. The van der Waals surface area contributed by atoms with Crippen LogP contribution in [0.4, 0.5) is 19.6 Å². The van der Waals surface area contributed by atoms with E-state index >= 15 is 4.39 Å². The van der Waals surface area contributed by atoms with Crippen LogP contribution in [-0.4, -0.2) is 65.8 Å². The molecular weight excluding hydrogens is 616 g/mol. The number of hydrogen-bond donors (Lipinski definition) is 2. The second-order valence-corrected chi connectivity index (χ2v) is 13.2. The number of fused-ring (bicyclic) bond motifs is 3. The van der Waals surface area contributed by atoms with Crippen molar-refractivity contribution in [3.8, 4) is 12.1 Å². The first kappa shape index (κ1) is 31.7. The van der Waals surface area contributed by atoms with Gasteiger partial charge in [0, 0.05) is 36.5 Å². The van der Waals surface area contributed by atoms with Crippen molar-refractivity contribution in [2.75, 3.05) is 50.0 Å². The molecule has 6 heterocycles. The highest BCUT2D eigenvalue weighted by molar-refractivity contribution is 7.14. The minimum absolute atomic E-state index is 0.0264. The third-order valence-electron chi connectivity index (χ3n) is 9.52. The molecule has 238 valence electrons. The van der Waals surface area contributed by atoms with E-state index in [1.165, 1.54) is 6.08 Å². The monoisotopic (exact) mass is 653 g/mol. The topological polar surface area (TPSA) is 103 Å². The number of piperazine rings is 1. The summed E-state index contributed by atoms with van der Waals surface area (Å²) in [6, 6.07) is 2.31. The number of thiophene rings is 1. The van der Waals surface area contributed by atoms with E-state index in [0.29, 0.717) is 30.8 Å². The minimum Gasteiger partial charge on any atom is -0.461 e. The zero-order chi connectivity index (χ0) is 31.9. The molecule has 1 unspecified atom stereocenters. The van der Waals surface area contributed by atoms with Crippen molar-refractivity contribution in [2.24, 2.45) is 0 Å². The predicted octanol–water partition coefficient (Wildman–Crippen LogP) is 4.79.